The Kier molecular flexibility index (Phi) is 5.78. The summed E-state index contributed by atoms with van der Waals surface area (Å²) in [5.74, 6) is -0.559. The van der Waals surface area contributed by atoms with Crippen molar-refractivity contribution in [1.29, 1.82) is 0 Å². The van der Waals surface area contributed by atoms with Crippen LogP contribution in [0.25, 0.3) is 0 Å². The molecule has 0 fully saturated rings. The van der Waals surface area contributed by atoms with Crippen LogP contribution in [0.5, 0.6) is 0 Å². The van der Waals surface area contributed by atoms with E-state index in [1.54, 1.807) is 19.1 Å². The lowest BCUT2D eigenvalue weighted by Crippen LogP contribution is -2.05. The molecule has 22 heavy (non-hydrogen) atoms. The number of carbonyl (C=O) groups is 1. The van der Waals surface area contributed by atoms with Crippen LogP contribution in [-0.4, -0.2) is 17.5 Å². The fourth-order valence-corrected chi connectivity index (χ4v) is 2.98. The second-order valence-corrected chi connectivity index (χ2v) is 6.58. The Hall–Kier alpha value is -1.61. The van der Waals surface area contributed by atoms with Crippen molar-refractivity contribution in [3.8, 4) is 0 Å². The molecule has 0 heterocycles. The SMILES string of the molecule is CCOC(=O)c1ccc(Sc2ccc(I)cc2)c([N+](=O)[O-])c1. The van der Waals surface area contributed by atoms with Crippen LogP contribution in [-0.2, 0) is 4.74 Å². The number of benzene rings is 2. The van der Waals surface area contributed by atoms with Crippen molar-refractivity contribution in [2.45, 2.75) is 16.7 Å². The first-order valence-electron chi connectivity index (χ1n) is 6.40. The van der Waals surface area contributed by atoms with Gasteiger partial charge in [0, 0.05) is 14.5 Å². The van der Waals surface area contributed by atoms with Crippen molar-refractivity contribution in [3.05, 3.63) is 61.7 Å². The third kappa shape index (κ3) is 4.20. The fourth-order valence-electron chi connectivity index (χ4n) is 1.72. The number of hydrogen-bond donors (Lipinski definition) is 0. The smallest absolute Gasteiger partial charge is 0.338 e. The van der Waals surface area contributed by atoms with Crippen LogP contribution in [0.1, 0.15) is 17.3 Å². The van der Waals surface area contributed by atoms with E-state index >= 15 is 0 Å². The van der Waals surface area contributed by atoms with Crippen LogP contribution < -0.4 is 0 Å². The van der Waals surface area contributed by atoms with Gasteiger partial charge in [0.05, 0.1) is 22.0 Å². The minimum atomic E-state index is -0.559. The van der Waals surface area contributed by atoms with Gasteiger partial charge in [-0.15, -0.1) is 0 Å². The molecule has 0 aliphatic carbocycles. The highest BCUT2D eigenvalue weighted by Crippen LogP contribution is 2.35. The van der Waals surface area contributed by atoms with Crippen LogP contribution in [0.2, 0.25) is 0 Å². The number of ether oxygens (including phenoxy) is 1. The van der Waals surface area contributed by atoms with Crippen molar-refractivity contribution in [2.24, 2.45) is 0 Å². The third-order valence-corrected chi connectivity index (χ3v) is 4.50. The molecule has 0 aromatic heterocycles. The highest BCUT2D eigenvalue weighted by Gasteiger charge is 2.19. The molecule has 0 amide bonds. The molecule has 5 nitrogen and oxygen atoms in total. The van der Waals surface area contributed by atoms with Gasteiger partial charge in [-0.25, -0.2) is 4.79 Å². The summed E-state index contributed by atoms with van der Waals surface area (Å²) in [5.41, 5.74) is 0.0783. The topological polar surface area (TPSA) is 69.4 Å². The van der Waals surface area contributed by atoms with Crippen LogP contribution in [0.4, 0.5) is 5.69 Å². The van der Waals surface area contributed by atoms with Gasteiger partial charge in [-0.1, -0.05) is 11.8 Å². The number of esters is 1. The molecule has 0 unspecified atom stereocenters. The van der Waals surface area contributed by atoms with Gasteiger partial charge in [0.2, 0.25) is 0 Å². The maximum Gasteiger partial charge on any atom is 0.338 e. The average Bonchev–Trinajstić information content (AvgIpc) is 2.50. The Balaban J connectivity index is 2.33. The van der Waals surface area contributed by atoms with E-state index in [4.69, 9.17) is 4.74 Å². The molecule has 0 spiro atoms. The Morgan fingerprint density at radius 1 is 1.27 bits per heavy atom. The predicted molar refractivity (Wildman–Crippen MR) is 92.3 cm³/mol. The fraction of sp³-hybridized carbons (Fsp3) is 0.133. The largest absolute Gasteiger partial charge is 0.462 e. The predicted octanol–water partition coefficient (Wildman–Crippen LogP) is 4.53. The first-order chi connectivity index (χ1) is 10.5. The summed E-state index contributed by atoms with van der Waals surface area (Å²) in [7, 11) is 0. The molecule has 0 radical (unpaired) electrons. The second kappa shape index (κ2) is 7.59. The van der Waals surface area contributed by atoms with Crippen LogP contribution in [0, 0.1) is 13.7 Å². The zero-order valence-corrected chi connectivity index (χ0v) is 14.6. The number of halogens is 1. The van der Waals surface area contributed by atoms with Crippen molar-refractivity contribution in [3.63, 3.8) is 0 Å². The van der Waals surface area contributed by atoms with E-state index < -0.39 is 10.9 Å². The standard InChI is InChI=1S/C15H12INO4S/c1-2-21-15(18)10-3-8-14(13(9-10)17(19)20)22-12-6-4-11(16)5-7-12/h3-9H,2H2,1H3. The number of nitro benzene ring substituents is 1. The summed E-state index contributed by atoms with van der Waals surface area (Å²) in [6.07, 6.45) is 0. The van der Waals surface area contributed by atoms with Gasteiger partial charge in [-0.2, -0.15) is 0 Å². The van der Waals surface area contributed by atoms with Gasteiger partial charge in [0.1, 0.15) is 0 Å². The minimum absolute atomic E-state index is 0.103. The molecule has 2 aromatic carbocycles. The van der Waals surface area contributed by atoms with Crippen LogP contribution >= 0.6 is 34.4 Å². The summed E-state index contributed by atoms with van der Waals surface area (Å²) < 4.78 is 5.96. The summed E-state index contributed by atoms with van der Waals surface area (Å²) in [6, 6.07) is 12.0. The molecule has 0 atom stereocenters. The molecule has 0 aliphatic rings. The van der Waals surface area contributed by atoms with Crippen LogP contribution in [0.3, 0.4) is 0 Å². The molecule has 0 bridgehead atoms. The summed E-state index contributed by atoms with van der Waals surface area (Å²) in [4.78, 5) is 23.8. The van der Waals surface area contributed by atoms with E-state index in [1.165, 1.54) is 17.8 Å². The van der Waals surface area contributed by atoms with Gasteiger partial charge in [0.15, 0.2) is 0 Å². The van der Waals surface area contributed by atoms with Crippen LogP contribution in [0.15, 0.2) is 52.3 Å². The second-order valence-electron chi connectivity index (χ2n) is 4.22. The van der Waals surface area contributed by atoms with E-state index in [0.29, 0.717) is 4.90 Å². The third-order valence-electron chi connectivity index (χ3n) is 2.71. The van der Waals surface area contributed by atoms with Crippen molar-refractivity contribution in [2.75, 3.05) is 6.61 Å². The summed E-state index contributed by atoms with van der Waals surface area (Å²) in [5, 5.41) is 11.2. The van der Waals surface area contributed by atoms with Gasteiger partial charge >= 0.3 is 5.97 Å². The Bertz CT molecular complexity index is 703. The maximum atomic E-state index is 11.7. The molecule has 0 saturated heterocycles. The maximum absolute atomic E-state index is 11.7. The normalized spacial score (nSPS) is 10.3. The molecule has 0 saturated carbocycles. The van der Waals surface area contributed by atoms with E-state index in [-0.39, 0.29) is 17.9 Å². The molecular weight excluding hydrogens is 417 g/mol. The number of hydrogen-bond acceptors (Lipinski definition) is 5. The Morgan fingerprint density at radius 3 is 2.55 bits per heavy atom. The van der Waals surface area contributed by atoms with E-state index in [0.717, 1.165) is 8.47 Å². The molecule has 7 heteroatoms. The number of carbonyl (C=O) groups excluding carboxylic acids is 1. The number of nitro groups is 1. The molecular formula is C15H12INO4S. The lowest BCUT2D eigenvalue weighted by molar-refractivity contribution is -0.387. The molecule has 114 valence electrons. The Morgan fingerprint density at radius 2 is 1.95 bits per heavy atom. The van der Waals surface area contributed by atoms with E-state index in [2.05, 4.69) is 22.6 Å². The van der Waals surface area contributed by atoms with Gasteiger partial charge < -0.3 is 4.74 Å². The summed E-state index contributed by atoms with van der Waals surface area (Å²) >= 11 is 3.48. The molecule has 0 aliphatic heterocycles. The molecule has 2 aromatic rings. The van der Waals surface area contributed by atoms with Gasteiger partial charge in [-0.05, 0) is 65.9 Å². The van der Waals surface area contributed by atoms with Crippen molar-refractivity contribution < 1.29 is 14.5 Å². The van der Waals surface area contributed by atoms with Crippen molar-refractivity contribution >= 4 is 46.0 Å². The monoisotopic (exact) mass is 429 g/mol. The van der Waals surface area contributed by atoms with Crippen molar-refractivity contribution in [1.82, 2.24) is 0 Å². The lowest BCUT2D eigenvalue weighted by atomic mass is 10.2. The number of rotatable bonds is 5. The van der Waals surface area contributed by atoms with Gasteiger partial charge in [-0.3, -0.25) is 10.1 Å². The molecule has 2 rings (SSSR count). The molecule has 0 N–H and O–H groups in total. The lowest BCUT2D eigenvalue weighted by Gasteiger charge is -2.06. The zero-order valence-electron chi connectivity index (χ0n) is 11.6. The first kappa shape index (κ1) is 16.8. The van der Waals surface area contributed by atoms with E-state index in [1.807, 2.05) is 24.3 Å². The quantitative estimate of drug-likeness (QED) is 0.303. The average molecular weight is 429 g/mol. The highest BCUT2D eigenvalue weighted by molar-refractivity contribution is 14.1. The zero-order chi connectivity index (χ0) is 16.1. The van der Waals surface area contributed by atoms with Gasteiger partial charge in [0.25, 0.3) is 5.69 Å². The summed E-state index contributed by atoms with van der Waals surface area (Å²) in [6.45, 7) is 1.92. The highest BCUT2D eigenvalue weighted by atomic mass is 127. The van der Waals surface area contributed by atoms with E-state index in [9.17, 15) is 14.9 Å². The minimum Gasteiger partial charge on any atom is -0.462 e. The first-order valence-corrected chi connectivity index (χ1v) is 8.29. The Labute approximate surface area is 145 Å². The number of nitrogens with zero attached hydrogens (tertiary/aromatic N) is 1.